The topological polar surface area (TPSA) is 40.5 Å². The molecule has 0 aliphatic carbocycles. The minimum atomic E-state index is -0.921. The van der Waals surface area contributed by atoms with Gasteiger partial charge in [0.2, 0.25) is 0 Å². The number of thiophene rings is 1. The van der Waals surface area contributed by atoms with Crippen LogP contribution in [0.4, 0.5) is 4.39 Å². The van der Waals surface area contributed by atoms with Crippen LogP contribution in [0.25, 0.3) is 0 Å². The SMILES string of the molecule is OCC(CO)(CCc1cccs1)c1ccccc1F. The normalized spacial score (nSPS) is 11.7. The second-order valence-corrected chi connectivity index (χ2v) is 5.69. The van der Waals surface area contributed by atoms with Crippen molar-refractivity contribution in [1.82, 2.24) is 0 Å². The summed E-state index contributed by atoms with van der Waals surface area (Å²) in [6.07, 6.45) is 1.23. The van der Waals surface area contributed by atoms with Crippen LogP contribution in [0.3, 0.4) is 0 Å². The van der Waals surface area contributed by atoms with Crippen LogP contribution in [0.5, 0.6) is 0 Å². The van der Waals surface area contributed by atoms with Gasteiger partial charge >= 0.3 is 0 Å². The van der Waals surface area contributed by atoms with Gasteiger partial charge in [0.15, 0.2) is 0 Å². The molecule has 0 aliphatic heterocycles. The number of aliphatic hydroxyl groups excluding tert-OH is 2. The van der Waals surface area contributed by atoms with Gasteiger partial charge in [0.05, 0.1) is 13.2 Å². The van der Waals surface area contributed by atoms with E-state index in [0.29, 0.717) is 18.4 Å². The van der Waals surface area contributed by atoms with E-state index in [0.717, 1.165) is 0 Å². The Balaban J connectivity index is 2.24. The predicted molar refractivity (Wildman–Crippen MR) is 74.9 cm³/mol. The number of rotatable bonds is 6. The Morgan fingerprint density at radius 2 is 1.79 bits per heavy atom. The molecule has 0 fully saturated rings. The zero-order chi connectivity index (χ0) is 13.7. The first-order valence-electron chi connectivity index (χ1n) is 6.21. The molecule has 0 spiro atoms. The van der Waals surface area contributed by atoms with Crippen molar-refractivity contribution in [3.63, 3.8) is 0 Å². The largest absolute Gasteiger partial charge is 0.395 e. The lowest BCUT2D eigenvalue weighted by Gasteiger charge is -2.30. The maximum atomic E-state index is 13.9. The summed E-state index contributed by atoms with van der Waals surface area (Å²) in [5.41, 5.74) is -0.536. The highest BCUT2D eigenvalue weighted by atomic mass is 32.1. The van der Waals surface area contributed by atoms with Gasteiger partial charge in [-0.25, -0.2) is 4.39 Å². The number of benzene rings is 1. The first-order valence-corrected chi connectivity index (χ1v) is 7.09. The van der Waals surface area contributed by atoms with Gasteiger partial charge in [-0.1, -0.05) is 24.3 Å². The molecule has 0 aliphatic rings. The highest BCUT2D eigenvalue weighted by Crippen LogP contribution is 2.31. The lowest BCUT2D eigenvalue weighted by Crippen LogP contribution is -2.36. The molecule has 0 saturated carbocycles. The number of aliphatic hydroxyl groups is 2. The van der Waals surface area contributed by atoms with Crippen molar-refractivity contribution in [2.24, 2.45) is 0 Å². The third-order valence-corrected chi connectivity index (χ3v) is 4.42. The summed E-state index contributed by atoms with van der Waals surface area (Å²) in [7, 11) is 0. The highest BCUT2D eigenvalue weighted by Gasteiger charge is 2.33. The number of hydrogen-bond acceptors (Lipinski definition) is 3. The minimum absolute atomic E-state index is 0.268. The molecule has 0 atom stereocenters. The standard InChI is InChI=1S/C15H17FO2S/c16-14-6-2-1-5-13(14)15(10-17,11-18)8-7-12-4-3-9-19-12/h1-6,9,17-18H,7-8,10-11H2. The van der Waals surface area contributed by atoms with Gasteiger partial charge in [-0.05, 0) is 35.9 Å². The number of hydrogen-bond donors (Lipinski definition) is 2. The fraction of sp³-hybridized carbons (Fsp3) is 0.333. The van der Waals surface area contributed by atoms with Gasteiger partial charge in [-0.15, -0.1) is 11.3 Å². The number of halogens is 1. The third kappa shape index (κ3) is 3.03. The van der Waals surface area contributed by atoms with Gasteiger partial charge < -0.3 is 10.2 Å². The average Bonchev–Trinajstić information content (AvgIpc) is 2.95. The smallest absolute Gasteiger partial charge is 0.127 e. The predicted octanol–water partition coefficient (Wildman–Crippen LogP) is 2.74. The van der Waals surface area contributed by atoms with Crippen molar-refractivity contribution in [3.8, 4) is 0 Å². The first-order chi connectivity index (χ1) is 9.22. The minimum Gasteiger partial charge on any atom is -0.395 e. The van der Waals surface area contributed by atoms with E-state index >= 15 is 0 Å². The van der Waals surface area contributed by atoms with Crippen LogP contribution in [0.2, 0.25) is 0 Å². The Morgan fingerprint density at radius 3 is 2.37 bits per heavy atom. The first kappa shape index (κ1) is 14.2. The van der Waals surface area contributed by atoms with E-state index in [1.165, 1.54) is 10.9 Å². The Morgan fingerprint density at radius 1 is 1.05 bits per heavy atom. The summed E-state index contributed by atoms with van der Waals surface area (Å²) in [6.45, 7) is -0.536. The van der Waals surface area contributed by atoms with Crippen LogP contribution in [0.15, 0.2) is 41.8 Å². The molecule has 19 heavy (non-hydrogen) atoms. The molecular formula is C15H17FO2S. The monoisotopic (exact) mass is 280 g/mol. The summed E-state index contributed by atoms with van der Waals surface area (Å²) in [5.74, 6) is -0.378. The summed E-state index contributed by atoms with van der Waals surface area (Å²) in [5, 5.41) is 21.3. The molecule has 0 amide bonds. The van der Waals surface area contributed by atoms with Crippen molar-refractivity contribution >= 4 is 11.3 Å². The highest BCUT2D eigenvalue weighted by molar-refractivity contribution is 7.09. The van der Waals surface area contributed by atoms with Crippen molar-refractivity contribution < 1.29 is 14.6 Å². The lowest BCUT2D eigenvalue weighted by molar-refractivity contribution is 0.107. The van der Waals surface area contributed by atoms with Crippen LogP contribution in [0, 0.1) is 5.82 Å². The van der Waals surface area contributed by atoms with Crippen LogP contribution in [-0.2, 0) is 11.8 Å². The van der Waals surface area contributed by atoms with E-state index in [2.05, 4.69) is 0 Å². The maximum Gasteiger partial charge on any atom is 0.127 e. The molecule has 0 unspecified atom stereocenters. The summed E-state index contributed by atoms with van der Waals surface area (Å²) in [6, 6.07) is 10.3. The van der Waals surface area contributed by atoms with Gasteiger partial charge in [0.1, 0.15) is 5.82 Å². The molecule has 2 aromatic rings. The zero-order valence-corrected chi connectivity index (χ0v) is 11.4. The number of aryl methyl sites for hydroxylation is 1. The second-order valence-electron chi connectivity index (χ2n) is 4.66. The average molecular weight is 280 g/mol. The van der Waals surface area contributed by atoms with Crippen LogP contribution < -0.4 is 0 Å². The molecular weight excluding hydrogens is 263 g/mol. The van der Waals surface area contributed by atoms with Crippen molar-refractivity contribution in [2.45, 2.75) is 18.3 Å². The fourth-order valence-electron chi connectivity index (χ4n) is 2.22. The lowest BCUT2D eigenvalue weighted by atomic mass is 9.77. The van der Waals surface area contributed by atoms with E-state index in [1.54, 1.807) is 29.5 Å². The molecule has 102 valence electrons. The summed E-state index contributed by atoms with van der Waals surface area (Å²) >= 11 is 1.63. The molecule has 1 aromatic carbocycles. The quantitative estimate of drug-likeness (QED) is 0.854. The van der Waals surface area contributed by atoms with Gasteiger partial charge in [0, 0.05) is 10.3 Å². The van der Waals surface area contributed by atoms with Crippen LogP contribution >= 0.6 is 11.3 Å². The van der Waals surface area contributed by atoms with Crippen molar-refractivity contribution in [3.05, 3.63) is 58.0 Å². The summed E-state index contributed by atoms with van der Waals surface area (Å²) < 4.78 is 13.9. The van der Waals surface area contributed by atoms with E-state index < -0.39 is 5.41 Å². The van der Waals surface area contributed by atoms with Crippen LogP contribution in [-0.4, -0.2) is 23.4 Å². The molecule has 0 bridgehead atoms. The molecule has 2 nitrogen and oxygen atoms in total. The Kier molecular flexibility index (Phi) is 4.69. The van der Waals surface area contributed by atoms with Crippen molar-refractivity contribution in [2.75, 3.05) is 13.2 Å². The molecule has 2 rings (SSSR count). The zero-order valence-electron chi connectivity index (χ0n) is 10.6. The molecule has 0 radical (unpaired) electrons. The van der Waals surface area contributed by atoms with E-state index in [4.69, 9.17) is 0 Å². The van der Waals surface area contributed by atoms with Crippen molar-refractivity contribution in [1.29, 1.82) is 0 Å². The maximum absolute atomic E-state index is 13.9. The van der Waals surface area contributed by atoms with Crippen LogP contribution in [0.1, 0.15) is 16.9 Å². The molecule has 0 saturated heterocycles. The van der Waals surface area contributed by atoms with E-state index in [1.807, 2.05) is 17.5 Å². The Bertz CT molecular complexity index is 507. The fourth-order valence-corrected chi connectivity index (χ4v) is 2.93. The van der Waals surface area contributed by atoms with E-state index in [9.17, 15) is 14.6 Å². The summed E-state index contributed by atoms with van der Waals surface area (Å²) in [4.78, 5) is 1.17. The molecule has 1 heterocycles. The Hall–Kier alpha value is -1.23. The van der Waals surface area contributed by atoms with Gasteiger partial charge in [0.25, 0.3) is 0 Å². The molecule has 1 aromatic heterocycles. The Labute approximate surface area is 116 Å². The third-order valence-electron chi connectivity index (χ3n) is 3.48. The van der Waals surface area contributed by atoms with Gasteiger partial charge in [-0.2, -0.15) is 0 Å². The molecule has 2 N–H and O–H groups in total. The molecule has 4 heteroatoms. The van der Waals surface area contributed by atoms with Gasteiger partial charge in [-0.3, -0.25) is 0 Å². The second kappa shape index (κ2) is 6.28. The van der Waals surface area contributed by atoms with E-state index in [-0.39, 0.29) is 19.0 Å².